The van der Waals surface area contributed by atoms with Crippen molar-refractivity contribution in [1.82, 2.24) is 10.3 Å². The van der Waals surface area contributed by atoms with Crippen molar-refractivity contribution in [3.63, 3.8) is 0 Å². The third-order valence-corrected chi connectivity index (χ3v) is 3.49. The minimum Gasteiger partial charge on any atom is -0.312 e. The predicted molar refractivity (Wildman–Crippen MR) is 63.2 cm³/mol. The summed E-state index contributed by atoms with van der Waals surface area (Å²) in [6.07, 6.45) is -3.86. The molecule has 1 aromatic rings. The largest absolute Gasteiger partial charge is 0.389 e. The van der Waals surface area contributed by atoms with Gasteiger partial charge in [-0.25, -0.2) is 4.98 Å². The van der Waals surface area contributed by atoms with Crippen molar-refractivity contribution in [2.75, 3.05) is 6.54 Å². The summed E-state index contributed by atoms with van der Waals surface area (Å²) in [5.74, 6) is 0. The fourth-order valence-corrected chi connectivity index (χ4v) is 2.43. The van der Waals surface area contributed by atoms with Gasteiger partial charge >= 0.3 is 6.18 Å². The summed E-state index contributed by atoms with van der Waals surface area (Å²) in [4.78, 5) is 5.21. The van der Waals surface area contributed by atoms with Gasteiger partial charge < -0.3 is 5.32 Å². The standard InChI is InChI=1S/C11H17F3N2S/c1-3-6-15-7-9-8(2)16-10(17-9)4-5-11(12,13)14/h15H,3-7H2,1-2H3. The van der Waals surface area contributed by atoms with Crippen LogP contribution in [0.5, 0.6) is 0 Å². The van der Waals surface area contributed by atoms with E-state index in [2.05, 4.69) is 17.2 Å². The fraction of sp³-hybridized carbons (Fsp3) is 0.727. The topological polar surface area (TPSA) is 24.9 Å². The van der Waals surface area contributed by atoms with E-state index in [0.29, 0.717) is 11.6 Å². The monoisotopic (exact) mass is 266 g/mol. The van der Waals surface area contributed by atoms with Gasteiger partial charge in [0, 0.05) is 24.3 Å². The number of aryl methyl sites for hydroxylation is 2. The zero-order valence-corrected chi connectivity index (χ0v) is 10.8. The molecule has 1 rings (SSSR count). The van der Waals surface area contributed by atoms with Crippen LogP contribution in [-0.4, -0.2) is 17.7 Å². The van der Waals surface area contributed by atoms with E-state index in [0.717, 1.165) is 23.5 Å². The number of rotatable bonds is 6. The number of nitrogens with zero attached hydrogens (tertiary/aromatic N) is 1. The Hall–Kier alpha value is -0.620. The average molecular weight is 266 g/mol. The maximum absolute atomic E-state index is 12.1. The molecule has 1 N–H and O–H groups in total. The number of thiazole rings is 1. The summed E-state index contributed by atoms with van der Waals surface area (Å²) in [6, 6.07) is 0. The number of nitrogens with one attached hydrogen (secondary N) is 1. The first-order valence-electron chi connectivity index (χ1n) is 5.65. The van der Waals surface area contributed by atoms with E-state index in [1.807, 2.05) is 6.92 Å². The molecule has 0 saturated carbocycles. The van der Waals surface area contributed by atoms with Crippen LogP contribution in [0.3, 0.4) is 0 Å². The molecule has 0 unspecified atom stereocenters. The molecule has 0 bridgehead atoms. The summed E-state index contributed by atoms with van der Waals surface area (Å²) < 4.78 is 36.2. The summed E-state index contributed by atoms with van der Waals surface area (Å²) >= 11 is 1.38. The van der Waals surface area contributed by atoms with Crippen LogP contribution in [0.2, 0.25) is 0 Å². The Morgan fingerprint density at radius 1 is 1.35 bits per heavy atom. The molecule has 0 aliphatic carbocycles. The lowest BCUT2D eigenvalue weighted by Crippen LogP contribution is -2.13. The Morgan fingerprint density at radius 2 is 2.06 bits per heavy atom. The maximum Gasteiger partial charge on any atom is 0.389 e. The molecule has 1 heterocycles. The molecule has 0 amide bonds. The van der Waals surface area contributed by atoms with Gasteiger partial charge in [-0.15, -0.1) is 11.3 Å². The van der Waals surface area contributed by atoms with Gasteiger partial charge in [0.1, 0.15) is 0 Å². The molecule has 1 aromatic heterocycles. The highest BCUT2D eigenvalue weighted by Gasteiger charge is 2.27. The molecule has 0 fully saturated rings. The van der Waals surface area contributed by atoms with Crippen LogP contribution < -0.4 is 5.32 Å². The number of alkyl halides is 3. The molecular formula is C11H17F3N2S. The number of hydrogen-bond acceptors (Lipinski definition) is 3. The zero-order valence-electron chi connectivity index (χ0n) is 10.0. The van der Waals surface area contributed by atoms with Crippen LogP contribution >= 0.6 is 11.3 Å². The highest BCUT2D eigenvalue weighted by atomic mass is 32.1. The molecule has 0 spiro atoms. The first-order chi connectivity index (χ1) is 7.92. The van der Waals surface area contributed by atoms with Gasteiger partial charge in [-0.05, 0) is 19.9 Å². The van der Waals surface area contributed by atoms with Crippen molar-refractivity contribution in [3.05, 3.63) is 15.6 Å². The lowest BCUT2D eigenvalue weighted by atomic mass is 10.3. The summed E-state index contributed by atoms with van der Waals surface area (Å²) in [6.45, 7) is 5.52. The first kappa shape index (κ1) is 14.4. The molecule has 2 nitrogen and oxygen atoms in total. The van der Waals surface area contributed by atoms with Crippen LogP contribution in [-0.2, 0) is 13.0 Å². The summed E-state index contributed by atoms with van der Waals surface area (Å²) in [5.41, 5.74) is 0.843. The van der Waals surface area contributed by atoms with Crippen LogP contribution in [0.1, 0.15) is 35.3 Å². The number of hydrogen-bond donors (Lipinski definition) is 1. The second kappa shape index (κ2) is 6.35. The Kier molecular flexibility index (Phi) is 5.39. The second-order valence-corrected chi connectivity index (χ2v) is 5.08. The van der Waals surface area contributed by atoms with Crippen LogP contribution in [0.4, 0.5) is 13.2 Å². The smallest absolute Gasteiger partial charge is 0.312 e. The summed E-state index contributed by atoms with van der Waals surface area (Å²) in [7, 11) is 0. The van der Waals surface area contributed by atoms with Gasteiger partial charge in [0.2, 0.25) is 0 Å². The highest BCUT2D eigenvalue weighted by Crippen LogP contribution is 2.25. The van der Waals surface area contributed by atoms with Gasteiger partial charge in [-0.3, -0.25) is 0 Å². The van der Waals surface area contributed by atoms with E-state index in [4.69, 9.17) is 0 Å². The minimum absolute atomic E-state index is 0.0111. The minimum atomic E-state index is -4.10. The molecule has 98 valence electrons. The van der Waals surface area contributed by atoms with Gasteiger partial charge in [0.05, 0.1) is 10.7 Å². The number of aromatic nitrogens is 1. The molecule has 0 radical (unpaired) electrons. The third-order valence-electron chi connectivity index (χ3n) is 2.27. The van der Waals surface area contributed by atoms with Crippen molar-refractivity contribution in [2.24, 2.45) is 0 Å². The lowest BCUT2D eigenvalue weighted by molar-refractivity contribution is -0.134. The van der Waals surface area contributed by atoms with E-state index in [-0.39, 0.29) is 6.42 Å². The Bertz CT molecular complexity index is 347. The number of halogens is 3. The molecule has 6 heteroatoms. The third kappa shape index (κ3) is 5.50. The van der Waals surface area contributed by atoms with Gasteiger partial charge in [0.15, 0.2) is 0 Å². The van der Waals surface area contributed by atoms with E-state index in [1.54, 1.807) is 0 Å². The van der Waals surface area contributed by atoms with E-state index in [1.165, 1.54) is 11.3 Å². The van der Waals surface area contributed by atoms with Crippen LogP contribution in [0.15, 0.2) is 0 Å². The lowest BCUT2D eigenvalue weighted by Gasteiger charge is -2.02. The quantitative estimate of drug-likeness (QED) is 0.798. The maximum atomic E-state index is 12.1. The van der Waals surface area contributed by atoms with Crippen molar-refractivity contribution in [3.8, 4) is 0 Å². The first-order valence-corrected chi connectivity index (χ1v) is 6.46. The Morgan fingerprint density at radius 3 is 2.65 bits per heavy atom. The molecular weight excluding hydrogens is 249 g/mol. The van der Waals surface area contributed by atoms with Crippen molar-refractivity contribution < 1.29 is 13.2 Å². The molecule has 0 aromatic carbocycles. The normalized spacial score (nSPS) is 12.1. The van der Waals surface area contributed by atoms with Gasteiger partial charge in [-0.2, -0.15) is 13.2 Å². The zero-order chi connectivity index (χ0) is 12.9. The van der Waals surface area contributed by atoms with Gasteiger partial charge in [0.25, 0.3) is 0 Å². The molecule has 0 aliphatic heterocycles. The second-order valence-electron chi connectivity index (χ2n) is 3.91. The molecule has 17 heavy (non-hydrogen) atoms. The average Bonchev–Trinajstić information content (AvgIpc) is 2.56. The van der Waals surface area contributed by atoms with Crippen molar-refractivity contribution in [1.29, 1.82) is 0 Å². The molecule has 0 saturated heterocycles. The van der Waals surface area contributed by atoms with Crippen LogP contribution in [0, 0.1) is 6.92 Å². The molecule has 0 aliphatic rings. The predicted octanol–water partition coefficient (Wildman–Crippen LogP) is 3.45. The fourth-order valence-electron chi connectivity index (χ4n) is 1.39. The molecule has 0 atom stereocenters. The van der Waals surface area contributed by atoms with Crippen LogP contribution in [0.25, 0.3) is 0 Å². The van der Waals surface area contributed by atoms with Crippen molar-refractivity contribution in [2.45, 2.75) is 45.8 Å². The van der Waals surface area contributed by atoms with Crippen molar-refractivity contribution >= 4 is 11.3 Å². The van der Waals surface area contributed by atoms with E-state index < -0.39 is 12.6 Å². The SMILES string of the molecule is CCCNCc1sc(CCC(F)(F)F)nc1C. The van der Waals surface area contributed by atoms with E-state index >= 15 is 0 Å². The van der Waals surface area contributed by atoms with Gasteiger partial charge in [-0.1, -0.05) is 6.92 Å². The highest BCUT2D eigenvalue weighted by molar-refractivity contribution is 7.11. The van der Waals surface area contributed by atoms with E-state index in [9.17, 15) is 13.2 Å². The summed E-state index contributed by atoms with van der Waals surface area (Å²) in [5, 5.41) is 3.80. The Labute approximate surface area is 103 Å². The Balaban J connectivity index is 2.49.